The molecule has 2 aromatic heterocycles. The highest BCUT2D eigenvalue weighted by Crippen LogP contribution is 2.34. The number of hydrogen-bond donors (Lipinski definition) is 1. The lowest BCUT2D eigenvalue weighted by molar-refractivity contribution is -0.274. The zero-order chi connectivity index (χ0) is 23.7. The molecule has 3 heterocycles. The number of aromatic amines is 1. The van der Waals surface area contributed by atoms with Crippen LogP contribution in [0.25, 0.3) is 21.1 Å². The second kappa shape index (κ2) is 10.4. The van der Waals surface area contributed by atoms with Crippen molar-refractivity contribution in [1.29, 1.82) is 0 Å². The lowest BCUT2D eigenvalue weighted by Crippen LogP contribution is -2.43. The van der Waals surface area contributed by atoms with Gasteiger partial charge in [-0.3, -0.25) is 14.6 Å². The predicted octanol–water partition coefficient (Wildman–Crippen LogP) is 5.08. The number of nitrogens with one attached hydrogen (secondary N) is 1. The second-order valence-corrected chi connectivity index (χ2v) is 8.84. The third kappa shape index (κ3) is 5.69. The summed E-state index contributed by atoms with van der Waals surface area (Å²) < 4.78 is 47.9. The Hall–Kier alpha value is -2.86. The number of morpholine rings is 1. The summed E-state index contributed by atoms with van der Waals surface area (Å²) in [6.45, 7) is 3.82. The molecule has 1 fully saturated rings. The fourth-order valence-electron chi connectivity index (χ4n) is 3.95. The zero-order valence-electron chi connectivity index (χ0n) is 18.4. The third-order valence-electron chi connectivity index (χ3n) is 5.62. The van der Waals surface area contributed by atoms with Gasteiger partial charge in [-0.1, -0.05) is 29.5 Å². The Morgan fingerprint density at radius 3 is 2.74 bits per heavy atom. The first-order chi connectivity index (χ1) is 16.4. The molecular formula is C23H22ClF3N4O3S. The number of nitrogens with zero attached hydrogens (tertiary/aromatic N) is 3. The van der Waals surface area contributed by atoms with Crippen molar-refractivity contribution >= 4 is 55.9 Å². The molecule has 1 aliphatic heterocycles. The number of aromatic nitrogens is 2. The van der Waals surface area contributed by atoms with E-state index in [1.807, 2.05) is 24.3 Å². The van der Waals surface area contributed by atoms with Crippen molar-refractivity contribution in [2.24, 2.45) is 0 Å². The minimum absolute atomic E-state index is 0. The number of fused-ring (bicyclic) bond motifs is 2. The Labute approximate surface area is 208 Å². The van der Waals surface area contributed by atoms with Crippen LogP contribution in [0, 0.1) is 0 Å². The molecule has 35 heavy (non-hydrogen) atoms. The standard InChI is InChI=1S/C23H21F3N4O3S.ClH/c24-23(25,26)33-15-5-6-19-20(13-15)34-22(28-19)30(8-7-29-9-11-32-12-10-29)21(31)17-14-27-18-4-2-1-3-16(17)18;/h1-6,13-14,27H,7-12H2;1H. The van der Waals surface area contributed by atoms with Gasteiger partial charge in [-0.05, 0) is 18.2 Å². The number of alkyl halides is 3. The van der Waals surface area contributed by atoms with Crippen LogP contribution in [0.15, 0.2) is 48.7 Å². The molecular weight excluding hydrogens is 505 g/mol. The van der Waals surface area contributed by atoms with Crippen molar-refractivity contribution in [2.45, 2.75) is 6.36 Å². The number of rotatable bonds is 6. The highest BCUT2D eigenvalue weighted by Gasteiger charge is 2.31. The van der Waals surface area contributed by atoms with E-state index in [0.29, 0.717) is 47.2 Å². The molecule has 4 aromatic rings. The van der Waals surface area contributed by atoms with Crippen LogP contribution in [0.2, 0.25) is 0 Å². The molecule has 2 aromatic carbocycles. The minimum atomic E-state index is -4.78. The summed E-state index contributed by atoms with van der Waals surface area (Å²) in [5.74, 6) is -0.547. The fraction of sp³-hybridized carbons (Fsp3) is 0.304. The van der Waals surface area contributed by atoms with Gasteiger partial charge in [-0.2, -0.15) is 0 Å². The van der Waals surface area contributed by atoms with E-state index < -0.39 is 6.36 Å². The molecule has 0 bridgehead atoms. The number of benzene rings is 2. The minimum Gasteiger partial charge on any atom is -0.406 e. The molecule has 5 rings (SSSR count). The van der Waals surface area contributed by atoms with E-state index in [2.05, 4.69) is 19.6 Å². The summed E-state index contributed by atoms with van der Waals surface area (Å²) in [6, 6.07) is 11.5. The largest absolute Gasteiger partial charge is 0.573 e. The molecule has 0 atom stereocenters. The maximum absolute atomic E-state index is 13.7. The zero-order valence-corrected chi connectivity index (χ0v) is 20.0. The van der Waals surface area contributed by atoms with E-state index in [1.165, 1.54) is 18.2 Å². The van der Waals surface area contributed by atoms with E-state index in [4.69, 9.17) is 4.74 Å². The Kier molecular flexibility index (Phi) is 7.50. The molecule has 1 saturated heterocycles. The fourth-order valence-corrected chi connectivity index (χ4v) is 4.97. The number of H-pyrrole nitrogens is 1. The summed E-state index contributed by atoms with van der Waals surface area (Å²) >= 11 is 1.16. The van der Waals surface area contributed by atoms with Gasteiger partial charge in [0.05, 0.1) is 29.0 Å². The Morgan fingerprint density at radius 2 is 1.97 bits per heavy atom. The van der Waals surface area contributed by atoms with Gasteiger partial charge in [0.2, 0.25) is 0 Å². The predicted molar refractivity (Wildman–Crippen MR) is 131 cm³/mol. The van der Waals surface area contributed by atoms with E-state index in [9.17, 15) is 18.0 Å². The van der Waals surface area contributed by atoms with Gasteiger partial charge in [-0.15, -0.1) is 25.6 Å². The van der Waals surface area contributed by atoms with Gasteiger partial charge in [0.15, 0.2) is 5.13 Å². The molecule has 0 aliphatic carbocycles. The van der Waals surface area contributed by atoms with Gasteiger partial charge >= 0.3 is 6.36 Å². The lowest BCUT2D eigenvalue weighted by atomic mass is 10.1. The Balaban J connectivity index is 0.00000289. The molecule has 1 N–H and O–H groups in total. The topological polar surface area (TPSA) is 70.7 Å². The summed E-state index contributed by atoms with van der Waals surface area (Å²) in [5, 5.41) is 1.22. The van der Waals surface area contributed by atoms with E-state index in [-0.39, 0.29) is 24.1 Å². The van der Waals surface area contributed by atoms with Crippen molar-refractivity contribution in [3.8, 4) is 5.75 Å². The first-order valence-electron chi connectivity index (χ1n) is 10.7. The van der Waals surface area contributed by atoms with Crippen LogP contribution in [-0.2, 0) is 4.74 Å². The SMILES string of the molecule is Cl.O=C(c1c[nH]c2ccccc12)N(CCN1CCOCC1)c1nc2ccc(OC(F)(F)F)cc2s1. The van der Waals surface area contributed by atoms with Gasteiger partial charge in [0, 0.05) is 49.3 Å². The number of halogens is 4. The quantitative estimate of drug-likeness (QED) is 0.379. The van der Waals surface area contributed by atoms with Crippen LogP contribution in [0.3, 0.4) is 0 Å². The van der Waals surface area contributed by atoms with Crippen molar-refractivity contribution in [2.75, 3.05) is 44.3 Å². The van der Waals surface area contributed by atoms with E-state index in [1.54, 1.807) is 11.1 Å². The van der Waals surface area contributed by atoms with E-state index in [0.717, 1.165) is 35.3 Å². The third-order valence-corrected chi connectivity index (χ3v) is 6.66. The van der Waals surface area contributed by atoms with Gasteiger partial charge < -0.3 is 14.5 Å². The van der Waals surface area contributed by atoms with Gasteiger partial charge in [-0.25, -0.2) is 4.98 Å². The average Bonchev–Trinajstić information content (AvgIpc) is 3.42. The molecule has 0 unspecified atom stereocenters. The van der Waals surface area contributed by atoms with Crippen LogP contribution in [0.4, 0.5) is 18.3 Å². The van der Waals surface area contributed by atoms with Crippen molar-refractivity contribution in [3.05, 3.63) is 54.2 Å². The number of thiazole rings is 1. The van der Waals surface area contributed by atoms with Crippen LogP contribution < -0.4 is 9.64 Å². The molecule has 0 saturated carbocycles. The monoisotopic (exact) mass is 526 g/mol. The smallest absolute Gasteiger partial charge is 0.406 e. The second-order valence-electron chi connectivity index (χ2n) is 7.83. The first kappa shape index (κ1) is 25.2. The number of ether oxygens (including phenoxy) is 2. The Morgan fingerprint density at radius 1 is 1.20 bits per heavy atom. The number of para-hydroxylation sites is 1. The average molecular weight is 527 g/mol. The molecule has 186 valence electrons. The van der Waals surface area contributed by atoms with Crippen molar-refractivity contribution in [1.82, 2.24) is 14.9 Å². The normalized spacial score (nSPS) is 14.7. The van der Waals surface area contributed by atoms with Crippen LogP contribution in [0.1, 0.15) is 10.4 Å². The number of carbonyl (C=O) groups is 1. The number of amides is 1. The van der Waals surface area contributed by atoms with E-state index >= 15 is 0 Å². The van der Waals surface area contributed by atoms with Crippen molar-refractivity contribution in [3.63, 3.8) is 0 Å². The molecule has 0 radical (unpaired) electrons. The summed E-state index contributed by atoms with van der Waals surface area (Å²) in [6.07, 6.45) is -3.10. The maximum Gasteiger partial charge on any atom is 0.573 e. The molecule has 7 nitrogen and oxygen atoms in total. The highest BCUT2D eigenvalue weighted by atomic mass is 35.5. The summed E-state index contributed by atoms with van der Waals surface area (Å²) in [5.41, 5.74) is 1.85. The summed E-state index contributed by atoms with van der Waals surface area (Å²) in [4.78, 5) is 25.2. The number of hydrogen-bond acceptors (Lipinski definition) is 6. The van der Waals surface area contributed by atoms with Gasteiger partial charge in [0.1, 0.15) is 5.75 Å². The lowest BCUT2D eigenvalue weighted by Gasteiger charge is -2.29. The molecule has 12 heteroatoms. The summed E-state index contributed by atoms with van der Waals surface area (Å²) in [7, 11) is 0. The van der Waals surface area contributed by atoms with Crippen LogP contribution in [0.5, 0.6) is 5.75 Å². The van der Waals surface area contributed by atoms with Gasteiger partial charge in [0.25, 0.3) is 5.91 Å². The molecule has 1 aliphatic rings. The highest BCUT2D eigenvalue weighted by molar-refractivity contribution is 7.22. The van der Waals surface area contributed by atoms with Crippen LogP contribution >= 0.6 is 23.7 Å². The first-order valence-corrected chi connectivity index (χ1v) is 11.5. The molecule has 0 spiro atoms. The Bertz CT molecular complexity index is 1320. The van der Waals surface area contributed by atoms with Crippen molar-refractivity contribution < 1.29 is 27.4 Å². The van der Waals surface area contributed by atoms with Crippen LogP contribution in [-0.4, -0.2) is 66.5 Å². The number of carbonyl (C=O) groups excluding carboxylic acids is 1. The number of anilines is 1. The maximum atomic E-state index is 13.7. The molecule has 1 amide bonds.